The summed E-state index contributed by atoms with van der Waals surface area (Å²) in [7, 11) is 0. The zero-order valence-corrected chi connectivity index (χ0v) is 23.6. The van der Waals surface area contributed by atoms with Gasteiger partial charge in [-0.1, -0.05) is 0 Å². The van der Waals surface area contributed by atoms with Crippen molar-refractivity contribution in [2.45, 2.75) is 65.2 Å². The van der Waals surface area contributed by atoms with Crippen molar-refractivity contribution in [3.8, 4) is 11.9 Å². The van der Waals surface area contributed by atoms with Crippen LogP contribution in [0.4, 0.5) is 13.6 Å². The van der Waals surface area contributed by atoms with Gasteiger partial charge in [-0.05, 0) is 53.5 Å². The van der Waals surface area contributed by atoms with Gasteiger partial charge in [-0.15, -0.1) is 0 Å². The largest absolute Gasteiger partial charge is 0.469 e. The van der Waals surface area contributed by atoms with Crippen LogP contribution in [0.3, 0.4) is 0 Å². The fourth-order valence-corrected chi connectivity index (χ4v) is 4.56. The second-order valence-electron chi connectivity index (χ2n) is 10.7. The molecule has 2 N–H and O–H groups in total. The van der Waals surface area contributed by atoms with E-state index in [4.69, 9.17) is 20.3 Å². The van der Waals surface area contributed by atoms with Gasteiger partial charge in [0, 0.05) is 30.8 Å². The number of likely N-dealkylation sites (tertiary alicyclic amines) is 1. The molecule has 41 heavy (non-hydrogen) atoms. The fraction of sp³-hybridized carbons (Fsp3) is 0.429. The topological polar surface area (TPSA) is 143 Å². The maximum absolute atomic E-state index is 14.4. The number of halogens is 2. The Morgan fingerprint density at radius 2 is 1.90 bits per heavy atom. The first-order chi connectivity index (χ1) is 19.4. The van der Waals surface area contributed by atoms with Gasteiger partial charge in [0.05, 0.1) is 24.1 Å². The highest BCUT2D eigenvalue weighted by molar-refractivity contribution is 6.47. The molecule has 1 saturated heterocycles. The lowest BCUT2D eigenvalue weighted by Gasteiger charge is -2.32. The minimum Gasteiger partial charge on any atom is -0.469 e. The number of aromatic nitrogens is 3. The Balaban J connectivity index is 1.59. The van der Waals surface area contributed by atoms with E-state index in [1.165, 1.54) is 10.6 Å². The van der Waals surface area contributed by atoms with Crippen molar-refractivity contribution in [2.75, 3.05) is 13.1 Å². The number of piperidine rings is 1. The summed E-state index contributed by atoms with van der Waals surface area (Å²) in [5.41, 5.74) is 1.33. The van der Waals surface area contributed by atoms with Gasteiger partial charge >= 0.3 is 6.09 Å². The summed E-state index contributed by atoms with van der Waals surface area (Å²) in [5.74, 6) is 4.29. The smallest absolute Gasteiger partial charge is 0.410 e. The fourth-order valence-electron chi connectivity index (χ4n) is 4.56. The number of nitrogens with two attached hydrogens (primary N) is 1. The Kier molecular flexibility index (Phi) is 8.51. The standard InChI is InChI=1S/C28H32F2N8O3/c1-16(35-20-6-8-37(9-7-20)27(39)41-28(3,4)5)25(36-32)18-10-23-33-15-21(13-31)38(23)24(11-18)40-17(2)26-22(30)12-19(29)14-34-26/h10-12,14-15,17,20H,6-9,32H2,1-5H3/b35-16?,36-25+/t17-/m1/s1. The molecule has 3 aromatic rings. The molecular formula is C28H32F2N8O3. The maximum Gasteiger partial charge on any atom is 0.410 e. The Bertz CT molecular complexity index is 1550. The number of carbonyl (C=O) groups is 1. The minimum atomic E-state index is -0.939. The number of rotatable bonds is 6. The second-order valence-corrected chi connectivity index (χ2v) is 10.7. The molecule has 0 unspecified atom stereocenters. The minimum absolute atomic E-state index is 0.0611. The van der Waals surface area contributed by atoms with E-state index < -0.39 is 23.3 Å². The number of aliphatic imine (C=N–C) groups is 1. The summed E-state index contributed by atoms with van der Waals surface area (Å²) in [6.07, 6.45) is 2.28. The van der Waals surface area contributed by atoms with Gasteiger partial charge in [-0.3, -0.25) is 14.4 Å². The first-order valence-electron chi connectivity index (χ1n) is 13.1. The number of amides is 1. The molecule has 0 saturated carbocycles. The first kappa shape index (κ1) is 29.4. The maximum atomic E-state index is 14.4. The lowest BCUT2D eigenvalue weighted by molar-refractivity contribution is 0.0207. The molecule has 0 bridgehead atoms. The third-order valence-corrected chi connectivity index (χ3v) is 6.44. The van der Waals surface area contributed by atoms with E-state index in [9.17, 15) is 18.8 Å². The molecular weight excluding hydrogens is 534 g/mol. The Labute approximate surface area is 236 Å². The normalized spacial score (nSPS) is 16.0. The third kappa shape index (κ3) is 6.77. The number of nitrogens with zero attached hydrogens (tertiary/aromatic N) is 7. The average Bonchev–Trinajstić information content (AvgIpc) is 3.32. The Morgan fingerprint density at radius 1 is 1.20 bits per heavy atom. The molecule has 4 heterocycles. The molecule has 1 aliphatic heterocycles. The van der Waals surface area contributed by atoms with Gasteiger partial charge in [-0.25, -0.2) is 18.6 Å². The van der Waals surface area contributed by atoms with Crippen LogP contribution in [0.5, 0.6) is 5.88 Å². The zero-order chi connectivity index (χ0) is 29.9. The number of hydrogen-bond acceptors (Lipinski definition) is 9. The number of ether oxygens (including phenoxy) is 2. The summed E-state index contributed by atoms with van der Waals surface area (Å²) >= 11 is 0. The zero-order valence-electron chi connectivity index (χ0n) is 23.6. The van der Waals surface area contributed by atoms with Crippen LogP contribution in [0.15, 0.2) is 40.7 Å². The molecule has 0 aromatic carbocycles. The van der Waals surface area contributed by atoms with E-state index in [1.54, 1.807) is 30.9 Å². The number of fused-ring (bicyclic) bond motifs is 1. The van der Waals surface area contributed by atoms with Crippen molar-refractivity contribution in [1.82, 2.24) is 19.3 Å². The van der Waals surface area contributed by atoms with Gasteiger partial charge in [0.1, 0.15) is 46.3 Å². The van der Waals surface area contributed by atoms with E-state index in [0.717, 1.165) is 12.3 Å². The molecule has 0 radical (unpaired) electrons. The van der Waals surface area contributed by atoms with Crippen LogP contribution in [0.2, 0.25) is 0 Å². The number of carbonyl (C=O) groups excluding carboxylic acids is 1. The number of hydrazone groups is 1. The summed E-state index contributed by atoms with van der Waals surface area (Å²) in [4.78, 5) is 27.0. The van der Waals surface area contributed by atoms with Crippen LogP contribution in [0.25, 0.3) is 5.65 Å². The van der Waals surface area contributed by atoms with Crippen molar-refractivity contribution in [3.05, 3.63) is 59.2 Å². The van der Waals surface area contributed by atoms with Crippen LogP contribution < -0.4 is 10.6 Å². The van der Waals surface area contributed by atoms with E-state index in [1.807, 2.05) is 20.8 Å². The molecule has 4 rings (SSSR count). The quantitative estimate of drug-likeness (QED) is 0.262. The average molecular weight is 567 g/mol. The van der Waals surface area contributed by atoms with Crippen molar-refractivity contribution < 1.29 is 23.0 Å². The number of hydrogen-bond donors (Lipinski definition) is 1. The molecule has 0 aliphatic carbocycles. The van der Waals surface area contributed by atoms with Crippen LogP contribution in [-0.4, -0.2) is 61.5 Å². The lowest BCUT2D eigenvalue weighted by atomic mass is 10.0. The van der Waals surface area contributed by atoms with Crippen LogP contribution in [0.1, 0.15) is 70.5 Å². The van der Waals surface area contributed by atoms with E-state index >= 15 is 0 Å². The molecule has 1 atom stereocenters. The number of imidazole rings is 1. The highest BCUT2D eigenvalue weighted by Crippen LogP contribution is 2.27. The van der Waals surface area contributed by atoms with Gasteiger partial charge in [0.2, 0.25) is 5.88 Å². The van der Waals surface area contributed by atoms with Crippen molar-refractivity contribution in [1.29, 1.82) is 5.26 Å². The van der Waals surface area contributed by atoms with Gasteiger partial charge in [-0.2, -0.15) is 10.4 Å². The molecule has 0 spiro atoms. The summed E-state index contributed by atoms with van der Waals surface area (Å²) in [6, 6.07) is 6.00. The summed E-state index contributed by atoms with van der Waals surface area (Å²) in [5, 5.41) is 13.6. The first-order valence-corrected chi connectivity index (χ1v) is 13.1. The van der Waals surface area contributed by atoms with E-state index in [0.29, 0.717) is 48.6 Å². The van der Waals surface area contributed by atoms with Gasteiger partial charge in [0.15, 0.2) is 5.82 Å². The predicted octanol–water partition coefficient (Wildman–Crippen LogP) is 4.54. The van der Waals surface area contributed by atoms with E-state index in [2.05, 4.69) is 21.1 Å². The van der Waals surface area contributed by atoms with Crippen molar-refractivity contribution >= 4 is 23.2 Å². The number of nitriles is 1. The number of pyridine rings is 2. The van der Waals surface area contributed by atoms with Crippen LogP contribution >= 0.6 is 0 Å². The van der Waals surface area contributed by atoms with Crippen molar-refractivity contribution in [3.63, 3.8) is 0 Å². The highest BCUT2D eigenvalue weighted by atomic mass is 19.1. The molecule has 13 heteroatoms. The Morgan fingerprint density at radius 3 is 2.51 bits per heavy atom. The third-order valence-electron chi connectivity index (χ3n) is 6.44. The SMILES string of the molecule is CC(=NC1CCN(C(=O)OC(C)(C)C)CC1)/C(=N\N)c1cc(O[C@H](C)c2ncc(F)cc2F)n2c(C#N)cnc2c1. The van der Waals surface area contributed by atoms with Gasteiger partial charge < -0.3 is 20.2 Å². The highest BCUT2D eigenvalue weighted by Gasteiger charge is 2.27. The lowest BCUT2D eigenvalue weighted by Crippen LogP contribution is -2.42. The molecule has 1 aliphatic rings. The monoisotopic (exact) mass is 566 g/mol. The molecule has 1 amide bonds. The van der Waals surface area contributed by atoms with E-state index in [-0.39, 0.29) is 29.4 Å². The Hall–Kier alpha value is -4.60. The summed E-state index contributed by atoms with van der Waals surface area (Å²) < 4.78 is 40.8. The van der Waals surface area contributed by atoms with Gasteiger partial charge in [0.25, 0.3) is 0 Å². The predicted molar refractivity (Wildman–Crippen MR) is 148 cm³/mol. The second kappa shape index (κ2) is 11.9. The molecule has 216 valence electrons. The van der Waals surface area contributed by atoms with Crippen LogP contribution in [-0.2, 0) is 4.74 Å². The molecule has 3 aromatic heterocycles. The summed E-state index contributed by atoms with van der Waals surface area (Å²) in [6.45, 7) is 9.84. The van der Waals surface area contributed by atoms with Crippen molar-refractivity contribution in [2.24, 2.45) is 15.9 Å². The molecule has 11 nitrogen and oxygen atoms in total. The van der Waals surface area contributed by atoms with Crippen LogP contribution in [0, 0.1) is 23.0 Å². The molecule has 1 fully saturated rings.